The molecule has 0 amide bonds. The lowest BCUT2D eigenvalue weighted by Gasteiger charge is -2.39. The fourth-order valence-corrected chi connectivity index (χ4v) is 8.42. The molecular weight excluding hydrogens is 589 g/mol. The molecule has 2 heterocycles. The summed E-state index contributed by atoms with van der Waals surface area (Å²) in [6.45, 7) is 8.69. The Bertz CT molecular complexity index is 2100. The molecule has 3 unspecified atom stereocenters. The fraction of sp³-hybridized carbons (Fsp3) is 0.302. The quantitative estimate of drug-likeness (QED) is 0.171. The van der Waals surface area contributed by atoms with Crippen molar-refractivity contribution in [1.29, 1.82) is 0 Å². The smallest absolute Gasteiger partial charge is 0.455 e. The number of anilines is 2. The van der Waals surface area contributed by atoms with E-state index in [0.29, 0.717) is 12.0 Å². The Balaban J connectivity index is 1.04. The van der Waals surface area contributed by atoms with Crippen molar-refractivity contribution in [3.63, 3.8) is 0 Å². The molecule has 2 saturated carbocycles. The van der Waals surface area contributed by atoms with Gasteiger partial charge in [0.25, 0.3) is 0 Å². The molecule has 4 nitrogen and oxygen atoms in total. The number of nitrogens with zero attached hydrogens (tertiary/aromatic N) is 1. The van der Waals surface area contributed by atoms with Crippen molar-refractivity contribution < 1.29 is 13.7 Å². The molecule has 9 rings (SSSR count). The lowest BCUT2D eigenvalue weighted by molar-refractivity contribution is 0.00578. The van der Waals surface area contributed by atoms with E-state index in [1.807, 2.05) is 6.07 Å². The number of benzene rings is 5. The third-order valence-corrected chi connectivity index (χ3v) is 12.0. The van der Waals surface area contributed by atoms with Crippen LogP contribution < -0.4 is 4.90 Å². The standard InChI is InChI=1S/C43H42BNO3/c1-41(2)42(3,4)48-44(47-41)43-26-25-35(27-32(43)28-43)45(33-21-17-30(18-22-33)29-11-6-5-7-12-29)34-23-19-31(20-24-34)36-14-10-15-38-37-13-8-9-16-39(37)46-40(36)38/h5-24,32,35H,25-28H2,1-4H3. The summed E-state index contributed by atoms with van der Waals surface area (Å²) in [5.74, 6) is 0.599. The summed E-state index contributed by atoms with van der Waals surface area (Å²) in [6, 6.07) is 44.0. The van der Waals surface area contributed by atoms with Crippen LogP contribution in [0.25, 0.3) is 44.2 Å². The third-order valence-electron chi connectivity index (χ3n) is 12.0. The van der Waals surface area contributed by atoms with E-state index in [-0.39, 0.29) is 23.6 Å². The van der Waals surface area contributed by atoms with Gasteiger partial charge in [0.2, 0.25) is 0 Å². The number of para-hydroxylation sites is 2. The fourth-order valence-electron chi connectivity index (χ4n) is 8.42. The first kappa shape index (κ1) is 29.8. The summed E-state index contributed by atoms with van der Waals surface area (Å²) in [6.07, 6.45) is 4.52. The van der Waals surface area contributed by atoms with Crippen LogP contribution in [0.2, 0.25) is 5.31 Å². The number of fused-ring (bicyclic) bond motifs is 4. The van der Waals surface area contributed by atoms with Gasteiger partial charge in [-0.1, -0.05) is 91.0 Å². The van der Waals surface area contributed by atoms with Gasteiger partial charge in [-0.2, -0.15) is 0 Å². The van der Waals surface area contributed by atoms with E-state index in [2.05, 4.69) is 148 Å². The van der Waals surface area contributed by atoms with Crippen LogP contribution in [0, 0.1) is 5.92 Å². The highest BCUT2D eigenvalue weighted by atomic mass is 16.7. The number of hydrogen-bond acceptors (Lipinski definition) is 4. The Morgan fingerprint density at radius 1 is 0.625 bits per heavy atom. The van der Waals surface area contributed by atoms with Gasteiger partial charge in [0, 0.05) is 39.1 Å². The summed E-state index contributed by atoms with van der Waals surface area (Å²) >= 11 is 0. The minimum atomic E-state index is -0.294. The molecule has 6 aromatic rings. The Labute approximate surface area is 283 Å². The van der Waals surface area contributed by atoms with Gasteiger partial charge < -0.3 is 18.6 Å². The highest BCUT2D eigenvalue weighted by Gasteiger charge is 2.70. The van der Waals surface area contributed by atoms with E-state index < -0.39 is 0 Å². The predicted octanol–water partition coefficient (Wildman–Crippen LogP) is 11.5. The molecule has 240 valence electrons. The minimum absolute atomic E-state index is 0.118. The summed E-state index contributed by atoms with van der Waals surface area (Å²) in [7, 11) is -0.118. The molecule has 3 atom stereocenters. The monoisotopic (exact) mass is 631 g/mol. The molecule has 0 N–H and O–H groups in total. The van der Waals surface area contributed by atoms with Gasteiger partial charge >= 0.3 is 7.12 Å². The van der Waals surface area contributed by atoms with Crippen molar-refractivity contribution in [3.05, 3.63) is 121 Å². The number of rotatable bonds is 6. The number of furan rings is 1. The normalized spacial score (nSPS) is 24.1. The average molecular weight is 632 g/mol. The molecule has 48 heavy (non-hydrogen) atoms. The summed E-state index contributed by atoms with van der Waals surface area (Å²) in [4.78, 5) is 2.59. The van der Waals surface area contributed by atoms with Gasteiger partial charge in [0.05, 0.1) is 11.2 Å². The van der Waals surface area contributed by atoms with Crippen LogP contribution in [0.4, 0.5) is 11.4 Å². The van der Waals surface area contributed by atoms with Crippen LogP contribution in [0.1, 0.15) is 53.4 Å². The largest absolute Gasteiger partial charge is 0.464 e. The van der Waals surface area contributed by atoms with E-state index >= 15 is 0 Å². The van der Waals surface area contributed by atoms with Crippen molar-refractivity contribution in [2.24, 2.45) is 5.92 Å². The van der Waals surface area contributed by atoms with Crippen LogP contribution in [0.3, 0.4) is 0 Å². The van der Waals surface area contributed by atoms with Gasteiger partial charge in [-0.25, -0.2) is 0 Å². The van der Waals surface area contributed by atoms with Gasteiger partial charge in [0.15, 0.2) is 0 Å². The van der Waals surface area contributed by atoms with Gasteiger partial charge in [-0.15, -0.1) is 0 Å². The maximum atomic E-state index is 6.63. The van der Waals surface area contributed by atoms with Crippen molar-refractivity contribution in [3.8, 4) is 22.3 Å². The van der Waals surface area contributed by atoms with Crippen LogP contribution >= 0.6 is 0 Å². The molecule has 0 spiro atoms. The Kier molecular flexibility index (Phi) is 6.73. The second-order valence-electron chi connectivity index (χ2n) is 15.3. The van der Waals surface area contributed by atoms with Crippen LogP contribution in [-0.2, 0) is 9.31 Å². The third kappa shape index (κ3) is 4.74. The van der Waals surface area contributed by atoms with Gasteiger partial charge in [-0.3, -0.25) is 0 Å². The first-order valence-electron chi connectivity index (χ1n) is 17.5. The SMILES string of the molecule is CC1(C)OB(C23CCC(N(c4ccc(-c5ccccc5)cc4)c4ccc(-c5cccc6c5oc5ccccc56)cc4)CC2C3)OC1(C)C. The predicted molar refractivity (Wildman–Crippen MR) is 198 cm³/mol. The van der Waals surface area contributed by atoms with Gasteiger partial charge in [0.1, 0.15) is 11.2 Å². The highest BCUT2D eigenvalue weighted by molar-refractivity contribution is 6.51. The molecule has 0 radical (unpaired) electrons. The van der Waals surface area contributed by atoms with E-state index in [0.717, 1.165) is 52.3 Å². The van der Waals surface area contributed by atoms with Crippen LogP contribution in [-0.4, -0.2) is 24.4 Å². The van der Waals surface area contributed by atoms with E-state index in [1.165, 1.54) is 28.9 Å². The van der Waals surface area contributed by atoms with E-state index in [9.17, 15) is 0 Å². The van der Waals surface area contributed by atoms with Gasteiger partial charge in [-0.05, 0) is 106 Å². The molecule has 3 fully saturated rings. The van der Waals surface area contributed by atoms with Crippen molar-refractivity contribution >= 4 is 40.4 Å². The molecule has 3 aliphatic rings. The summed E-state index contributed by atoms with van der Waals surface area (Å²) < 4.78 is 19.7. The molecule has 5 aromatic carbocycles. The van der Waals surface area contributed by atoms with Crippen molar-refractivity contribution in [1.82, 2.24) is 0 Å². The maximum absolute atomic E-state index is 6.63. The lowest BCUT2D eigenvalue weighted by Crippen LogP contribution is -2.41. The molecule has 1 aromatic heterocycles. The summed E-state index contributed by atoms with van der Waals surface area (Å²) in [5, 5.41) is 2.45. The molecule has 1 saturated heterocycles. The zero-order valence-electron chi connectivity index (χ0n) is 28.3. The van der Waals surface area contributed by atoms with Crippen molar-refractivity contribution in [2.75, 3.05) is 4.90 Å². The molecular formula is C43H42BNO3. The topological polar surface area (TPSA) is 34.8 Å². The zero-order chi connectivity index (χ0) is 32.7. The average Bonchev–Trinajstić information content (AvgIpc) is 3.65. The van der Waals surface area contributed by atoms with Crippen molar-refractivity contribution in [2.45, 2.75) is 75.9 Å². The molecule has 2 aliphatic carbocycles. The maximum Gasteiger partial charge on any atom is 0.464 e. The lowest BCUT2D eigenvalue weighted by atomic mass is 9.61. The van der Waals surface area contributed by atoms with E-state index in [4.69, 9.17) is 13.7 Å². The zero-order valence-corrected chi connectivity index (χ0v) is 28.3. The number of hydrogen-bond donors (Lipinski definition) is 0. The second kappa shape index (κ2) is 10.8. The second-order valence-corrected chi connectivity index (χ2v) is 15.3. The first-order valence-corrected chi connectivity index (χ1v) is 17.5. The Hall–Kier alpha value is -4.32. The molecule has 0 bridgehead atoms. The Morgan fingerprint density at radius 3 is 1.92 bits per heavy atom. The van der Waals surface area contributed by atoms with Crippen LogP contribution in [0.15, 0.2) is 126 Å². The summed E-state index contributed by atoms with van der Waals surface area (Å²) in [5.41, 5.74) is 8.49. The Morgan fingerprint density at radius 2 is 1.23 bits per heavy atom. The molecule has 5 heteroatoms. The highest BCUT2D eigenvalue weighted by Crippen LogP contribution is 2.72. The molecule has 1 aliphatic heterocycles. The van der Waals surface area contributed by atoms with Crippen LogP contribution in [0.5, 0.6) is 0 Å². The first-order chi connectivity index (χ1) is 23.2. The van der Waals surface area contributed by atoms with E-state index in [1.54, 1.807) is 0 Å². The minimum Gasteiger partial charge on any atom is -0.455 e.